The molecule has 0 rings (SSSR count). The lowest BCUT2D eigenvalue weighted by molar-refractivity contribution is -0.870. The Morgan fingerprint density at radius 3 is 1.04 bits per heavy atom. The number of carbonyl (C=O) groups excluding carboxylic acids is 2. The van der Waals surface area contributed by atoms with Crippen LogP contribution >= 0.6 is 7.82 Å². The lowest BCUT2D eigenvalue weighted by atomic mass is 10.0. The van der Waals surface area contributed by atoms with Gasteiger partial charge in [0.25, 0.3) is 0 Å². The molecule has 10 heteroatoms. The molecule has 0 aromatic rings. The van der Waals surface area contributed by atoms with Crippen molar-refractivity contribution in [1.82, 2.24) is 0 Å². The van der Waals surface area contributed by atoms with E-state index >= 15 is 0 Å². The summed E-state index contributed by atoms with van der Waals surface area (Å²) in [6.45, 7) is 4.34. The zero-order valence-electron chi connectivity index (χ0n) is 54.5. The molecule has 0 saturated carbocycles. The Balaban J connectivity index is 4.03. The van der Waals surface area contributed by atoms with Crippen molar-refractivity contribution in [2.75, 3.05) is 47.5 Å². The van der Waals surface area contributed by atoms with Crippen LogP contribution in [0.15, 0.2) is 72.9 Å². The van der Waals surface area contributed by atoms with Crippen molar-refractivity contribution >= 4 is 19.8 Å². The average molecular weight is 1170 g/mol. The molecule has 0 amide bonds. The molecule has 0 fully saturated rings. The number of quaternary nitrogens is 1. The highest BCUT2D eigenvalue weighted by molar-refractivity contribution is 7.47. The average Bonchev–Trinajstić information content (AvgIpc) is 3.46. The minimum atomic E-state index is -4.40. The van der Waals surface area contributed by atoms with Gasteiger partial charge in [0.15, 0.2) is 6.10 Å². The summed E-state index contributed by atoms with van der Waals surface area (Å²) in [5.74, 6) is -0.804. The third kappa shape index (κ3) is 66.6. The molecular formula is C72H133NO8P+. The van der Waals surface area contributed by atoms with Crippen molar-refractivity contribution < 1.29 is 42.1 Å². The van der Waals surface area contributed by atoms with Gasteiger partial charge in [0.1, 0.15) is 19.8 Å². The molecule has 0 bridgehead atoms. The Morgan fingerprint density at radius 2 is 0.695 bits per heavy atom. The van der Waals surface area contributed by atoms with Crippen molar-refractivity contribution in [3.8, 4) is 0 Å². The Bertz CT molecular complexity index is 1610. The number of nitrogens with zero attached hydrogens (tertiary/aromatic N) is 1. The van der Waals surface area contributed by atoms with Crippen molar-refractivity contribution in [2.45, 2.75) is 328 Å². The van der Waals surface area contributed by atoms with E-state index in [1.807, 2.05) is 21.1 Å². The lowest BCUT2D eigenvalue weighted by Gasteiger charge is -2.24. The lowest BCUT2D eigenvalue weighted by Crippen LogP contribution is -2.37. The molecule has 0 radical (unpaired) electrons. The van der Waals surface area contributed by atoms with Crippen LogP contribution in [0.25, 0.3) is 0 Å². The van der Waals surface area contributed by atoms with E-state index in [9.17, 15) is 19.0 Å². The molecule has 0 aromatic heterocycles. The molecule has 1 N–H and O–H groups in total. The van der Waals surface area contributed by atoms with Gasteiger partial charge in [-0.3, -0.25) is 18.6 Å². The van der Waals surface area contributed by atoms with Crippen LogP contribution in [-0.2, 0) is 32.7 Å². The first kappa shape index (κ1) is 79.5. The molecule has 0 aliphatic rings. The van der Waals surface area contributed by atoms with E-state index in [2.05, 4.69) is 86.8 Å². The van der Waals surface area contributed by atoms with Gasteiger partial charge in [-0.1, -0.05) is 318 Å². The fourth-order valence-electron chi connectivity index (χ4n) is 9.96. The van der Waals surface area contributed by atoms with Crippen LogP contribution in [0, 0.1) is 0 Å². The Morgan fingerprint density at radius 1 is 0.390 bits per heavy atom. The highest BCUT2D eigenvalue weighted by Gasteiger charge is 2.27. The van der Waals surface area contributed by atoms with E-state index in [-0.39, 0.29) is 32.0 Å². The maximum absolute atomic E-state index is 12.9. The summed E-state index contributed by atoms with van der Waals surface area (Å²) in [7, 11) is 1.47. The molecule has 2 atom stereocenters. The molecule has 0 saturated heterocycles. The number of phosphoric ester groups is 1. The van der Waals surface area contributed by atoms with Gasteiger partial charge < -0.3 is 18.9 Å². The molecular weight excluding hydrogens is 1040 g/mol. The zero-order chi connectivity index (χ0) is 59.8. The van der Waals surface area contributed by atoms with Gasteiger partial charge in [-0.05, 0) is 64.2 Å². The highest BCUT2D eigenvalue weighted by Crippen LogP contribution is 2.43. The number of rotatable bonds is 64. The number of ether oxygens (including phenoxy) is 2. The van der Waals surface area contributed by atoms with Crippen LogP contribution in [-0.4, -0.2) is 74.9 Å². The summed E-state index contributed by atoms with van der Waals surface area (Å²) >= 11 is 0. The SMILES string of the molecule is CC/C=C\C/C=C\C/C=C\C/C=C\C/C=C\C/C=C\CCCCCCCCC(=O)OC(COC(=O)CCCCCCCCCCCCCCCCCCCCCCCCCCCCCCCCCCC)COP(=O)(O)OCC[N+](C)(C)C. The standard InChI is InChI=1S/C72H132NO8P/c1-6-8-10-12-14-16-18-20-22-24-26-28-30-32-33-34-35-36-37-38-39-41-42-44-46-48-50-52-54-56-58-60-62-64-71(74)78-68-70(69-80-82(76,77)79-67-66-73(3,4)5)81-72(75)65-63-61-59-57-55-53-51-49-47-45-43-40-31-29-27-25-23-21-19-17-15-13-11-9-7-2/h9,11,15,17,21,23,27,29,40,43,47,49,70H,6-8,10,12-14,16,18-20,22,24-26,28,30-39,41-42,44-46,48,50-69H2,1-5H3/p+1/b11-9-,17-15-,23-21-,29-27-,43-40-,49-47-. The first-order valence-corrected chi connectivity index (χ1v) is 36.2. The number of hydrogen-bond acceptors (Lipinski definition) is 7. The van der Waals surface area contributed by atoms with Crippen LogP contribution in [0.3, 0.4) is 0 Å². The van der Waals surface area contributed by atoms with Crippen LogP contribution in [0.2, 0.25) is 0 Å². The summed E-state index contributed by atoms with van der Waals surface area (Å²) in [5.41, 5.74) is 0. The third-order valence-electron chi connectivity index (χ3n) is 15.3. The van der Waals surface area contributed by atoms with Crippen LogP contribution in [0.1, 0.15) is 322 Å². The predicted octanol–water partition coefficient (Wildman–Crippen LogP) is 22.4. The second kappa shape index (κ2) is 63.0. The summed E-state index contributed by atoms with van der Waals surface area (Å²) in [4.78, 5) is 35.8. The second-order valence-electron chi connectivity index (χ2n) is 24.5. The maximum atomic E-state index is 12.9. The van der Waals surface area contributed by atoms with E-state index in [0.29, 0.717) is 17.4 Å². The summed E-state index contributed by atoms with van der Waals surface area (Å²) in [5, 5.41) is 0. The molecule has 9 nitrogen and oxygen atoms in total. The topological polar surface area (TPSA) is 108 Å². The van der Waals surface area contributed by atoms with E-state index in [0.717, 1.165) is 96.3 Å². The van der Waals surface area contributed by atoms with Gasteiger partial charge in [-0.25, -0.2) is 4.57 Å². The number of phosphoric acid groups is 1. The Labute approximate surface area is 508 Å². The molecule has 2 unspecified atom stereocenters. The van der Waals surface area contributed by atoms with E-state index in [1.165, 1.54) is 193 Å². The first-order valence-electron chi connectivity index (χ1n) is 34.7. The number of hydrogen-bond donors (Lipinski definition) is 1. The van der Waals surface area contributed by atoms with Crippen LogP contribution < -0.4 is 0 Å². The Kier molecular flexibility index (Phi) is 61.0. The van der Waals surface area contributed by atoms with Gasteiger partial charge in [0.05, 0.1) is 27.7 Å². The number of allylic oxidation sites excluding steroid dienone is 12. The Hall–Kier alpha value is -2.55. The number of unbranched alkanes of at least 4 members (excludes halogenated alkanes) is 38. The van der Waals surface area contributed by atoms with E-state index in [1.54, 1.807) is 0 Å². The maximum Gasteiger partial charge on any atom is 0.472 e. The minimum Gasteiger partial charge on any atom is -0.462 e. The normalized spacial score (nSPS) is 13.6. The predicted molar refractivity (Wildman–Crippen MR) is 353 cm³/mol. The van der Waals surface area contributed by atoms with Crippen LogP contribution in [0.4, 0.5) is 0 Å². The van der Waals surface area contributed by atoms with Gasteiger partial charge in [0.2, 0.25) is 0 Å². The number of carbonyl (C=O) groups is 2. The van der Waals surface area contributed by atoms with E-state index in [4.69, 9.17) is 18.5 Å². The van der Waals surface area contributed by atoms with Crippen molar-refractivity contribution in [3.63, 3.8) is 0 Å². The summed E-state index contributed by atoms with van der Waals surface area (Å²) < 4.78 is 34.7. The molecule has 0 spiro atoms. The fourth-order valence-corrected chi connectivity index (χ4v) is 10.7. The molecule has 82 heavy (non-hydrogen) atoms. The fraction of sp³-hybridized carbons (Fsp3) is 0.806. The van der Waals surface area contributed by atoms with Gasteiger partial charge in [-0.15, -0.1) is 0 Å². The van der Waals surface area contributed by atoms with Crippen molar-refractivity contribution in [3.05, 3.63) is 72.9 Å². The third-order valence-corrected chi connectivity index (χ3v) is 16.2. The smallest absolute Gasteiger partial charge is 0.462 e. The van der Waals surface area contributed by atoms with Gasteiger partial charge >= 0.3 is 19.8 Å². The van der Waals surface area contributed by atoms with Crippen molar-refractivity contribution in [2.24, 2.45) is 0 Å². The van der Waals surface area contributed by atoms with Gasteiger partial charge in [0, 0.05) is 12.8 Å². The molecule has 0 aliphatic heterocycles. The first-order chi connectivity index (χ1) is 40.0. The highest BCUT2D eigenvalue weighted by atomic mass is 31.2. The molecule has 0 aromatic carbocycles. The van der Waals surface area contributed by atoms with Gasteiger partial charge in [-0.2, -0.15) is 0 Å². The van der Waals surface area contributed by atoms with Crippen molar-refractivity contribution in [1.29, 1.82) is 0 Å². The monoisotopic (exact) mass is 1170 g/mol. The number of esters is 2. The van der Waals surface area contributed by atoms with Crippen LogP contribution in [0.5, 0.6) is 0 Å². The molecule has 478 valence electrons. The number of likely N-dealkylation sites (N-methyl/N-ethyl adjacent to an activating group) is 1. The molecule has 0 aliphatic carbocycles. The second-order valence-corrected chi connectivity index (χ2v) is 26.0. The van der Waals surface area contributed by atoms with E-state index < -0.39 is 26.5 Å². The minimum absolute atomic E-state index is 0.0268. The summed E-state index contributed by atoms with van der Waals surface area (Å²) in [6, 6.07) is 0. The summed E-state index contributed by atoms with van der Waals surface area (Å²) in [6.07, 6.45) is 84.4. The molecule has 0 heterocycles. The quantitative estimate of drug-likeness (QED) is 0.0211. The zero-order valence-corrected chi connectivity index (χ0v) is 55.4. The largest absolute Gasteiger partial charge is 0.472 e.